The Morgan fingerprint density at radius 2 is 1.32 bits per heavy atom. The number of hydrogen-bond donors (Lipinski definition) is 2. The molecule has 1 heterocycles. The van der Waals surface area contributed by atoms with Crippen LogP contribution >= 0.6 is 0 Å². The van der Waals surface area contributed by atoms with E-state index in [4.69, 9.17) is 19.7 Å². The molecule has 0 aromatic heterocycles. The van der Waals surface area contributed by atoms with Crippen molar-refractivity contribution in [2.24, 2.45) is 0 Å². The first-order chi connectivity index (χ1) is 17.7. The summed E-state index contributed by atoms with van der Waals surface area (Å²) >= 11 is 0. The van der Waals surface area contributed by atoms with Gasteiger partial charge in [0.15, 0.2) is 0 Å². The molecule has 0 bridgehead atoms. The van der Waals surface area contributed by atoms with Crippen LogP contribution < -0.4 is 0 Å². The average molecular weight is 525 g/mol. The van der Waals surface area contributed by atoms with E-state index >= 15 is 0 Å². The Balaban J connectivity index is 0.00000161. The van der Waals surface area contributed by atoms with Gasteiger partial charge in [0, 0.05) is 17.6 Å². The molecule has 0 amide bonds. The van der Waals surface area contributed by atoms with E-state index < -0.39 is 11.9 Å². The van der Waals surface area contributed by atoms with E-state index in [1.807, 2.05) is 0 Å². The fraction of sp³-hybridized carbons (Fsp3) is 0.767. The summed E-state index contributed by atoms with van der Waals surface area (Å²) in [7, 11) is 0. The van der Waals surface area contributed by atoms with Gasteiger partial charge in [-0.3, -0.25) is 4.79 Å². The van der Waals surface area contributed by atoms with Crippen LogP contribution in [0.3, 0.4) is 0 Å². The van der Waals surface area contributed by atoms with E-state index in [1.165, 1.54) is 38.5 Å². The highest BCUT2D eigenvalue weighted by molar-refractivity contribution is 5.87. The normalized spacial score (nSPS) is 14.7. The molecule has 1 rings (SSSR count). The minimum Gasteiger partial charge on any atom is -0.481 e. The predicted octanol–water partition coefficient (Wildman–Crippen LogP) is 7.63. The molecule has 0 saturated carbocycles. The van der Waals surface area contributed by atoms with E-state index in [0.29, 0.717) is 30.9 Å². The lowest BCUT2D eigenvalue weighted by atomic mass is 10.0. The van der Waals surface area contributed by atoms with Gasteiger partial charge in [0.2, 0.25) is 0 Å². The molecule has 37 heavy (non-hydrogen) atoms. The van der Waals surface area contributed by atoms with Gasteiger partial charge in [0.25, 0.3) is 0 Å². The molecule has 2 atom stereocenters. The summed E-state index contributed by atoms with van der Waals surface area (Å²) in [4.78, 5) is 32.7. The van der Waals surface area contributed by atoms with Crippen LogP contribution in [0.4, 0.5) is 0 Å². The zero-order valence-electron chi connectivity index (χ0n) is 23.4. The number of carboxylic acid groups (broad SMARTS) is 2. The molecular weight excluding hydrogens is 472 g/mol. The highest BCUT2D eigenvalue weighted by Gasteiger charge is 2.24. The fourth-order valence-corrected chi connectivity index (χ4v) is 3.83. The maximum Gasteiger partial charge on any atom is 0.333 e. The van der Waals surface area contributed by atoms with E-state index in [-0.39, 0.29) is 17.6 Å². The molecule has 7 heteroatoms. The quantitative estimate of drug-likeness (QED) is 0.0611. The molecule has 0 aliphatic carbocycles. The van der Waals surface area contributed by atoms with Crippen molar-refractivity contribution in [3.8, 4) is 0 Å². The third-order valence-electron chi connectivity index (χ3n) is 6.51. The molecule has 0 spiro atoms. The largest absolute Gasteiger partial charge is 0.481 e. The molecule has 214 valence electrons. The number of carboxylic acids is 2. The first-order valence-corrected chi connectivity index (χ1v) is 14.3. The van der Waals surface area contributed by atoms with E-state index in [0.717, 1.165) is 64.4 Å². The highest BCUT2D eigenvalue weighted by atomic mass is 16.6. The van der Waals surface area contributed by atoms with Crippen LogP contribution in [0.15, 0.2) is 24.3 Å². The Hall–Kier alpha value is -2.15. The Morgan fingerprint density at radius 1 is 0.811 bits per heavy atom. The second-order valence-corrected chi connectivity index (χ2v) is 10.00. The van der Waals surface area contributed by atoms with Gasteiger partial charge in [-0.15, -0.1) is 0 Å². The van der Waals surface area contributed by atoms with Gasteiger partial charge in [0.1, 0.15) is 6.10 Å². The van der Waals surface area contributed by atoms with Crippen LogP contribution in [-0.4, -0.2) is 46.9 Å². The van der Waals surface area contributed by atoms with Crippen LogP contribution in [-0.2, 0) is 23.9 Å². The number of carbonyl (C=O) groups excluding carboxylic acids is 1. The van der Waals surface area contributed by atoms with Gasteiger partial charge >= 0.3 is 17.9 Å². The van der Waals surface area contributed by atoms with Crippen molar-refractivity contribution in [1.29, 1.82) is 0 Å². The molecule has 1 saturated heterocycles. The van der Waals surface area contributed by atoms with Gasteiger partial charge in [0.05, 0.1) is 12.7 Å². The third-order valence-corrected chi connectivity index (χ3v) is 6.51. The van der Waals surface area contributed by atoms with Gasteiger partial charge < -0.3 is 19.7 Å². The average Bonchev–Trinajstić information content (AvgIpc) is 3.70. The first-order valence-electron chi connectivity index (χ1n) is 14.3. The summed E-state index contributed by atoms with van der Waals surface area (Å²) in [6, 6.07) is 0. The minimum atomic E-state index is -0.900. The molecule has 0 aromatic rings. The van der Waals surface area contributed by atoms with Crippen molar-refractivity contribution in [3.05, 3.63) is 24.3 Å². The SMILES string of the molecule is C=C(CC)C(=O)O.C=C(CCC1CO1)C(=O)OC(CCCCCC)CCCCCCCCCCC(=O)O. The molecule has 0 radical (unpaired) electrons. The number of unbranched alkanes of at least 4 members (excludes halogenated alkanes) is 10. The Labute approximate surface area is 224 Å². The Bertz CT molecular complexity index is 667. The molecule has 2 N–H and O–H groups in total. The number of ether oxygens (including phenoxy) is 2. The van der Waals surface area contributed by atoms with Crippen LogP contribution in [0.2, 0.25) is 0 Å². The third kappa shape index (κ3) is 22.8. The van der Waals surface area contributed by atoms with Crippen molar-refractivity contribution in [2.75, 3.05) is 6.61 Å². The van der Waals surface area contributed by atoms with E-state index in [9.17, 15) is 14.4 Å². The van der Waals surface area contributed by atoms with Crippen molar-refractivity contribution in [3.63, 3.8) is 0 Å². The Morgan fingerprint density at radius 3 is 1.76 bits per heavy atom. The first kappa shape index (κ1) is 34.9. The number of hydrogen-bond acceptors (Lipinski definition) is 5. The van der Waals surface area contributed by atoms with Crippen LogP contribution in [0, 0.1) is 0 Å². The summed E-state index contributed by atoms with van der Waals surface area (Å²) in [6.45, 7) is 12.0. The molecular formula is C30H52O7. The van der Waals surface area contributed by atoms with Gasteiger partial charge in [-0.05, 0) is 51.4 Å². The van der Waals surface area contributed by atoms with Crippen molar-refractivity contribution in [2.45, 2.75) is 142 Å². The van der Waals surface area contributed by atoms with E-state index in [2.05, 4.69) is 20.1 Å². The van der Waals surface area contributed by atoms with Gasteiger partial charge in [-0.2, -0.15) is 0 Å². The van der Waals surface area contributed by atoms with Gasteiger partial charge in [-0.25, -0.2) is 9.59 Å². The smallest absolute Gasteiger partial charge is 0.333 e. The summed E-state index contributed by atoms with van der Waals surface area (Å²) < 4.78 is 11.0. The number of aliphatic carboxylic acids is 2. The molecule has 0 aromatic carbocycles. The van der Waals surface area contributed by atoms with Crippen LogP contribution in [0.5, 0.6) is 0 Å². The number of esters is 1. The van der Waals surface area contributed by atoms with Crippen molar-refractivity contribution in [1.82, 2.24) is 0 Å². The van der Waals surface area contributed by atoms with Crippen molar-refractivity contribution < 1.29 is 34.1 Å². The van der Waals surface area contributed by atoms with Crippen LogP contribution in [0.1, 0.15) is 129 Å². The number of rotatable bonds is 23. The zero-order chi connectivity index (χ0) is 27.9. The zero-order valence-corrected chi connectivity index (χ0v) is 23.4. The highest BCUT2D eigenvalue weighted by Crippen LogP contribution is 2.21. The number of carbonyl (C=O) groups is 3. The fourth-order valence-electron chi connectivity index (χ4n) is 3.83. The molecule has 1 aliphatic heterocycles. The van der Waals surface area contributed by atoms with Gasteiger partial charge in [-0.1, -0.05) is 84.8 Å². The second kappa shape index (κ2) is 23.0. The Kier molecular flexibility index (Phi) is 21.7. The molecule has 7 nitrogen and oxygen atoms in total. The topological polar surface area (TPSA) is 113 Å². The summed E-state index contributed by atoms with van der Waals surface area (Å²) in [5.41, 5.74) is 0.840. The maximum absolute atomic E-state index is 12.4. The summed E-state index contributed by atoms with van der Waals surface area (Å²) in [5, 5.41) is 16.7. The van der Waals surface area contributed by atoms with Crippen LogP contribution in [0.25, 0.3) is 0 Å². The lowest BCUT2D eigenvalue weighted by molar-refractivity contribution is -0.145. The summed E-state index contributed by atoms with van der Waals surface area (Å²) in [5.74, 6) is -1.82. The monoisotopic (exact) mass is 524 g/mol. The second-order valence-electron chi connectivity index (χ2n) is 10.00. The standard InChI is InChI=1S/C25H44O5.C5H8O2/c1-3-4-5-12-15-22(30-25(28)21(2)18-19-23-20-29-23)16-13-10-8-6-7-9-11-14-17-24(26)27;1-3-4(2)5(6)7/h22-23H,2-20H2,1H3,(H,26,27);2-3H2,1H3,(H,6,7). The molecule has 1 aliphatic rings. The summed E-state index contributed by atoms with van der Waals surface area (Å²) in [6.07, 6.45) is 18.1. The maximum atomic E-state index is 12.4. The molecule has 2 unspecified atom stereocenters. The van der Waals surface area contributed by atoms with E-state index in [1.54, 1.807) is 6.92 Å². The van der Waals surface area contributed by atoms with Crippen molar-refractivity contribution >= 4 is 17.9 Å². The predicted molar refractivity (Wildman–Crippen MR) is 148 cm³/mol. The lowest BCUT2D eigenvalue weighted by Crippen LogP contribution is -2.19. The minimum absolute atomic E-state index is 0.0132. The lowest BCUT2D eigenvalue weighted by Gasteiger charge is -2.19. The molecule has 1 fully saturated rings. The number of epoxide rings is 1.